The summed E-state index contributed by atoms with van der Waals surface area (Å²) in [7, 11) is 0. The van der Waals surface area contributed by atoms with Gasteiger partial charge in [0.15, 0.2) is 0 Å². The molecule has 3 rings (SSSR count). The summed E-state index contributed by atoms with van der Waals surface area (Å²) in [5, 5.41) is 2.77. The maximum Gasteiger partial charge on any atom is 0.242 e. The molecule has 30 heavy (non-hydrogen) atoms. The maximum absolute atomic E-state index is 13.2. The molecule has 162 valence electrons. The summed E-state index contributed by atoms with van der Waals surface area (Å²) < 4.78 is 6.08. The highest BCUT2D eigenvalue weighted by atomic mass is 35.5. The van der Waals surface area contributed by atoms with Crippen LogP contribution in [0.4, 0.5) is 0 Å². The quantitative estimate of drug-likeness (QED) is 0.579. The summed E-state index contributed by atoms with van der Waals surface area (Å²) in [5.41, 5.74) is 2.10. The fourth-order valence-corrected chi connectivity index (χ4v) is 4.84. The van der Waals surface area contributed by atoms with E-state index in [1.54, 1.807) is 16.2 Å². The fourth-order valence-electron chi connectivity index (χ4n) is 3.80. The first-order valence-corrected chi connectivity index (χ1v) is 11.7. The van der Waals surface area contributed by atoms with Gasteiger partial charge >= 0.3 is 0 Å². The van der Waals surface area contributed by atoms with Crippen molar-refractivity contribution in [1.29, 1.82) is 0 Å². The zero-order valence-electron chi connectivity index (χ0n) is 17.8. The second-order valence-electron chi connectivity index (χ2n) is 7.54. The van der Waals surface area contributed by atoms with Gasteiger partial charge in [-0.3, -0.25) is 9.59 Å². The Morgan fingerprint density at radius 2 is 2.10 bits per heavy atom. The molecule has 2 amide bonds. The van der Waals surface area contributed by atoms with Gasteiger partial charge < -0.3 is 14.5 Å². The van der Waals surface area contributed by atoms with Crippen molar-refractivity contribution < 1.29 is 14.3 Å². The normalized spacial score (nSPS) is 15.6. The Bertz CT molecular complexity index is 898. The molecule has 0 bridgehead atoms. The lowest BCUT2D eigenvalue weighted by molar-refractivity contribution is -0.142. The maximum atomic E-state index is 13.2. The summed E-state index contributed by atoms with van der Waals surface area (Å²) >= 11 is 7.84. The lowest BCUT2D eigenvalue weighted by Crippen LogP contribution is -2.47. The Kier molecular flexibility index (Phi) is 7.78. The van der Waals surface area contributed by atoms with Crippen LogP contribution in [-0.4, -0.2) is 47.9 Å². The molecule has 1 aromatic carbocycles. The van der Waals surface area contributed by atoms with Gasteiger partial charge in [-0.05, 0) is 60.5 Å². The molecule has 2 aromatic rings. The van der Waals surface area contributed by atoms with Gasteiger partial charge in [-0.25, -0.2) is 0 Å². The largest absolute Gasteiger partial charge is 0.491 e. The Morgan fingerprint density at radius 1 is 1.30 bits per heavy atom. The van der Waals surface area contributed by atoms with Crippen LogP contribution in [0.3, 0.4) is 0 Å². The molecule has 0 radical (unpaired) electrons. The number of hydrogen-bond donors (Lipinski definition) is 0. The molecule has 2 heterocycles. The minimum Gasteiger partial charge on any atom is -0.491 e. The van der Waals surface area contributed by atoms with E-state index in [0.29, 0.717) is 31.1 Å². The number of carbonyl (C=O) groups excluding carboxylic acids is 2. The van der Waals surface area contributed by atoms with Crippen molar-refractivity contribution in [3.8, 4) is 5.75 Å². The number of halogens is 1. The van der Waals surface area contributed by atoms with Gasteiger partial charge in [0.2, 0.25) is 11.8 Å². The van der Waals surface area contributed by atoms with Gasteiger partial charge in [-0.2, -0.15) is 0 Å². The number of benzene rings is 1. The van der Waals surface area contributed by atoms with Crippen LogP contribution in [0.25, 0.3) is 0 Å². The molecule has 1 atom stereocenters. The van der Waals surface area contributed by atoms with E-state index in [4.69, 9.17) is 16.3 Å². The van der Waals surface area contributed by atoms with Crippen LogP contribution in [0.5, 0.6) is 5.75 Å². The van der Waals surface area contributed by atoms with Crippen LogP contribution >= 0.6 is 22.9 Å². The summed E-state index contributed by atoms with van der Waals surface area (Å²) in [4.78, 5) is 30.3. The molecule has 1 aromatic heterocycles. The van der Waals surface area contributed by atoms with Crippen molar-refractivity contribution in [2.45, 2.75) is 46.1 Å². The molecule has 1 aliphatic heterocycles. The zero-order chi connectivity index (χ0) is 21.7. The van der Waals surface area contributed by atoms with Crippen LogP contribution in [0.1, 0.15) is 48.7 Å². The highest BCUT2D eigenvalue weighted by Gasteiger charge is 2.33. The SMILES string of the molecule is CCCN(CC(=O)N1CCc2sccc2[C@H]1COc1ccc(Cl)c(C)c1)C(=O)CC. The molecule has 0 N–H and O–H groups in total. The van der Waals surface area contributed by atoms with Crippen LogP contribution in [0.2, 0.25) is 5.02 Å². The average Bonchev–Trinajstić information content (AvgIpc) is 3.22. The van der Waals surface area contributed by atoms with E-state index in [1.807, 2.05) is 43.9 Å². The van der Waals surface area contributed by atoms with E-state index in [0.717, 1.165) is 29.7 Å². The van der Waals surface area contributed by atoms with Crippen molar-refractivity contribution in [3.05, 3.63) is 50.7 Å². The summed E-state index contributed by atoms with van der Waals surface area (Å²) in [6, 6.07) is 7.51. The minimum atomic E-state index is -0.163. The number of fused-ring (bicyclic) bond motifs is 1. The van der Waals surface area contributed by atoms with Crippen LogP contribution in [0.15, 0.2) is 29.6 Å². The number of thiophene rings is 1. The third kappa shape index (κ3) is 5.16. The second kappa shape index (κ2) is 10.3. The first-order valence-electron chi connectivity index (χ1n) is 10.5. The van der Waals surface area contributed by atoms with Crippen molar-refractivity contribution >= 4 is 34.8 Å². The topological polar surface area (TPSA) is 49.9 Å². The smallest absolute Gasteiger partial charge is 0.242 e. The van der Waals surface area contributed by atoms with E-state index in [-0.39, 0.29) is 24.4 Å². The van der Waals surface area contributed by atoms with Gasteiger partial charge in [0.1, 0.15) is 12.4 Å². The van der Waals surface area contributed by atoms with Gasteiger partial charge in [-0.1, -0.05) is 25.4 Å². The van der Waals surface area contributed by atoms with Gasteiger partial charge in [0.05, 0.1) is 12.6 Å². The fraction of sp³-hybridized carbons (Fsp3) is 0.478. The summed E-state index contributed by atoms with van der Waals surface area (Å²) in [6.45, 7) is 7.52. The third-order valence-electron chi connectivity index (χ3n) is 5.43. The minimum absolute atomic E-state index is 0.0165. The molecule has 0 unspecified atom stereocenters. The average molecular weight is 449 g/mol. The molecule has 0 saturated heterocycles. The molecule has 1 aliphatic rings. The second-order valence-corrected chi connectivity index (χ2v) is 8.95. The van der Waals surface area contributed by atoms with Gasteiger partial charge in [-0.15, -0.1) is 11.3 Å². The van der Waals surface area contributed by atoms with E-state index >= 15 is 0 Å². The number of amides is 2. The van der Waals surface area contributed by atoms with Crippen LogP contribution in [0, 0.1) is 6.92 Å². The molecule has 7 heteroatoms. The lowest BCUT2D eigenvalue weighted by Gasteiger charge is -2.37. The van der Waals surface area contributed by atoms with Crippen molar-refractivity contribution in [3.63, 3.8) is 0 Å². The van der Waals surface area contributed by atoms with Crippen molar-refractivity contribution in [1.82, 2.24) is 9.80 Å². The standard InChI is InChI=1S/C23H29ClN2O3S/c1-4-10-25(22(27)5-2)14-23(28)26-11-8-21-18(9-12-30-21)20(26)15-29-17-6-7-19(24)16(3)13-17/h6-7,9,12-13,20H,4-5,8,10-11,14-15H2,1-3H3/t20-/m1/s1. The number of rotatable bonds is 8. The Balaban J connectivity index is 1.77. The Labute approximate surface area is 187 Å². The van der Waals surface area contributed by atoms with E-state index < -0.39 is 0 Å². The summed E-state index contributed by atoms with van der Waals surface area (Å²) in [6.07, 6.45) is 2.07. The first-order chi connectivity index (χ1) is 14.4. The molecule has 5 nitrogen and oxygen atoms in total. The Hall–Kier alpha value is -2.05. The van der Waals surface area contributed by atoms with Crippen LogP contribution < -0.4 is 4.74 Å². The molecule has 0 aliphatic carbocycles. The molecular formula is C23H29ClN2O3S. The van der Waals surface area contributed by atoms with Gasteiger partial charge in [0.25, 0.3) is 0 Å². The zero-order valence-corrected chi connectivity index (χ0v) is 19.4. The third-order valence-corrected chi connectivity index (χ3v) is 6.85. The highest BCUT2D eigenvalue weighted by Crippen LogP contribution is 2.34. The van der Waals surface area contributed by atoms with Crippen LogP contribution in [-0.2, 0) is 16.0 Å². The monoisotopic (exact) mass is 448 g/mol. The molecule has 0 saturated carbocycles. The molecule has 0 fully saturated rings. The van der Waals surface area contributed by atoms with E-state index in [9.17, 15) is 9.59 Å². The summed E-state index contributed by atoms with van der Waals surface area (Å²) in [5.74, 6) is 0.728. The number of carbonyl (C=O) groups is 2. The van der Waals surface area contributed by atoms with Gasteiger partial charge in [0, 0.05) is 29.4 Å². The van der Waals surface area contributed by atoms with Crippen molar-refractivity contribution in [2.75, 3.05) is 26.2 Å². The molecular weight excluding hydrogens is 420 g/mol. The first kappa shape index (κ1) is 22.6. The van der Waals surface area contributed by atoms with E-state index in [1.165, 1.54) is 4.88 Å². The van der Waals surface area contributed by atoms with Crippen molar-refractivity contribution in [2.24, 2.45) is 0 Å². The Morgan fingerprint density at radius 3 is 2.80 bits per heavy atom. The molecule has 0 spiro atoms. The number of aryl methyl sites for hydroxylation is 1. The number of ether oxygens (including phenoxy) is 1. The number of hydrogen-bond acceptors (Lipinski definition) is 4. The number of nitrogens with zero attached hydrogens (tertiary/aromatic N) is 2. The predicted octanol–water partition coefficient (Wildman–Crippen LogP) is 4.86. The predicted molar refractivity (Wildman–Crippen MR) is 121 cm³/mol. The lowest BCUT2D eigenvalue weighted by atomic mass is 10.0. The van der Waals surface area contributed by atoms with E-state index in [2.05, 4.69) is 11.4 Å². The highest BCUT2D eigenvalue weighted by molar-refractivity contribution is 7.10.